The third kappa shape index (κ3) is 2.29. The first-order chi connectivity index (χ1) is 7.59. The van der Waals surface area contributed by atoms with Crippen molar-refractivity contribution >= 4 is 15.9 Å². The van der Waals surface area contributed by atoms with Crippen LogP contribution >= 0.6 is 15.9 Å². The highest BCUT2D eigenvalue weighted by atomic mass is 79.9. The summed E-state index contributed by atoms with van der Waals surface area (Å²) in [5, 5.41) is 0. The molecule has 1 heterocycles. The Bertz CT molecular complexity index is 385. The smallest absolute Gasteiger partial charge is 0.128 e. The standard InChI is InChI=1S/C12H15BrFNO/c1-7-4-5-16-12(7)11(15)9-6-8(13)2-3-10(9)14/h2-3,6-7,11-12H,4-5,15H2,1H3. The summed E-state index contributed by atoms with van der Waals surface area (Å²) in [6.45, 7) is 2.81. The molecule has 1 aromatic rings. The largest absolute Gasteiger partial charge is 0.376 e. The van der Waals surface area contributed by atoms with Crippen molar-refractivity contribution in [1.29, 1.82) is 0 Å². The van der Waals surface area contributed by atoms with E-state index in [1.807, 2.05) is 0 Å². The number of hydrogen-bond donors (Lipinski definition) is 1. The van der Waals surface area contributed by atoms with E-state index in [1.54, 1.807) is 12.1 Å². The van der Waals surface area contributed by atoms with Gasteiger partial charge in [0.05, 0.1) is 12.1 Å². The van der Waals surface area contributed by atoms with Gasteiger partial charge in [-0.1, -0.05) is 22.9 Å². The summed E-state index contributed by atoms with van der Waals surface area (Å²) in [7, 11) is 0. The molecule has 4 heteroatoms. The number of benzene rings is 1. The zero-order valence-electron chi connectivity index (χ0n) is 9.12. The maximum Gasteiger partial charge on any atom is 0.128 e. The Morgan fingerprint density at radius 3 is 2.94 bits per heavy atom. The summed E-state index contributed by atoms with van der Waals surface area (Å²) in [5.41, 5.74) is 6.60. The minimum absolute atomic E-state index is 0.0798. The number of halogens is 2. The van der Waals surface area contributed by atoms with Gasteiger partial charge in [0.15, 0.2) is 0 Å². The molecule has 0 saturated carbocycles. The maximum atomic E-state index is 13.6. The molecule has 1 fully saturated rings. The van der Waals surface area contributed by atoms with E-state index in [1.165, 1.54) is 6.07 Å². The van der Waals surface area contributed by atoms with Crippen molar-refractivity contribution in [3.05, 3.63) is 34.1 Å². The molecule has 0 radical (unpaired) electrons. The molecule has 0 amide bonds. The molecular formula is C12H15BrFNO. The Kier molecular flexibility index (Phi) is 3.62. The van der Waals surface area contributed by atoms with Crippen LogP contribution in [0.4, 0.5) is 4.39 Å². The number of hydrogen-bond acceptors (Lipinski definition) is 2. The molecular weight excluding hydrogens is 273 g/mol. The van der Waals surface area contributed by atoms with Crippen molar-refractivity contribution in [3.63, 3.8) is 0 Å². The van der Waals surface area contributed by atoms with Gasteiger partial charge in [-0.25, -0.2) is 4.39 Å². The molecule has 0 bridgehead atoms. The SMILES string of the molecule is CC1CCOC1C(N)c1cc(Br)ccc1F. The summed E-state index contributed by atoms with van der Waals surface area (Å²) in [6.07, 6.45) is 0.914. The Morgan fingerprint density at radius 2 is 2.31 bits per heavy atom. The first-order valence-electron chi connectivity index (χ1n) is 5.41. The third-order valence-electron chi connectivity index (χ3n) is 3.12. The second-order valence-corrected chi connectivity index (χ2v) is 5.21. The molecule has 0 aliphatic carbocycles. The van der Waals surface area contributed by atoms with Gasteiger partial charge in [0.2, 0.25) is 0 Å². The fourth-order valence-corrected chi connectivity index (χ4v) is 2.50. The number of ether oxygens (including phenoxy) is 1. The molecule has 0 aromatic heterocycles. The van der Waals surface area contributed by atoms with Gasteiger partial charge < -0.3 is 10.5 Å². The van der Waals surface area contributed by atoms with Crippen molar-refractivity contribution in [3.8, 4) is 0 Å². The van der Waals surface area contributed by atoms with Crippen molar-refractivity contribution in [2.75, 3.05) is 6.61 Å². The van der Waals surface area contributed by atoms with Gasteiger partial charge >= 0.3 is 0 Å². The summed E-state index contributed by atoms with van der Waals surface area (Å²) >= 11 is 3.33. The Balaban J connectivity index is 2.25. The topological polar surface area (TPSA) is 35.2 Å². The molecule has 1 aliphatic heterocycles. The number of nitrogens with two attached hydrogens (primary N) is 1. The molecule has 3 atom stereocenters. The van der Waals surface area contributed by atoms with Crippen LogP contribution in [0.1, 0.15) is 24.9 Å². The van der Waals surface area contributed by atoms with Gasteiger partial charge in [-0.15, -0.1) is 0 Å². The lowest BCUT2D eigenvalue weighted by Crippen LogP contribution is -2.30. The van der Waals surface area contributed by atoms with Gasteiger partial charge in [0, 0.05) is 16.6 Å². The fraction of sp³-hybridized carbons (Fsp3) is 0.500. The van der Waals surface area contributed by atoms with Crippen LogP contribution in [0.25, 0.3) is 0 Å². The second kappa shape index (κ2) is 4.82. The van der Waals surface area contributed by atoms with Crippen LogP contribution in [0.15, 0.2) is 22.7 Å². The van der Waals surface area contributed by atoms with E-state index in [0.29, 0.717) is 11.5 Å². The first-order valence-corrected chi connectivity index (χ1v) is 6.21. The van der Waals surface area contributed by atoms with E-state index >= 15 is 0 Å². The predicted molar refractivity (Wildman–Crippen MR) is 64.5 cm³/mol. The van der Waals surface area contributed by atoms with E-state index in [2.05, 4.69) is 22.9 Å². The van der Waals surface area contributed by atoms with Crippen LogP contribution in [-0.2, 0) is 4.74 Å². The summed E-state index contributed by atoms with van der Waals surface area (Å²) in [6, 6.07) is 4.44. The molecule has 1 aliphatic rings. The molecule has 0 spiro atoms. The Morgan fingerprint density at radius 1 is 1.56 bits per heavy atom. The molecule has 1 saturated heterocycles. The monoisotopic (exact) mass is 287 g/mol. The summed E-state index contributed by atoms with van der Waals surface area (Å²) in [5.74, 6) is 0.117. The first kappa shape index (κ1) is 12.0. The minimum Gasteiger partial charge on any atom is -0.376 e. The van der Waals surface area contributed by atoms with Crippen molar-refractivity contribution in [1.82, 2.24) is 0 Å². The third-order valence-corrected chi connectivity index (χ3v) is 3.61. The highest BCUT2D eigenvalue weighted by Crippen LogP contribution is 2.31. The summed E-state index contributed by atoms with van der Waals surface area (Å²) in [4.78, 5) is 0. The van der Waals surface area contributed by atoms with Gasteiger partial charge in [0.1, 0.15) is 5.82 Å². The van der Waals surface area contributed by atoms with Crippen LogP contribution in [-0.4, -0.2) is 12.7 Å². The van der Waals surface area contributed by atoms with E-state index in [-0.39, 0.29) is 11.9 Å². The molecule has 1 aromatic carbocycles. The molecule has 2 N–H and O–H groups in total. The zero-order chi connectivity index (χ0) is 11.7. The predicted octanol–water partition coefficient (Wildman–Crippen LogP) is 3.01. The van der Waals surface area contributed by atoms with Crippen LogP contribution in [0, 0.1) is 11.7 Å². The second-order valence-electron chi connectivity index (χ2n) is 4.29. The summed E-state index contributed by atoms with van der Waals surface area (Å²) < 4.78 is 20.1. The lowest BCUT2D eigenvalue weighted by atomic mass is 9.93. The lowest BCUT2D eigenvalue weighted by molar-refractivity contribution is 0.0715. The van der Waals surface area contributed by atoms with Crippen molar-refractivity contribution in [2.45, 2.75) is 25.5 Å². The lowest BCUT2D eigenvalue weighted by Gasteiger charge is -2.23. The highest BCUT2D eigenvalue weighted by molar-refractivity contribution is 9.10. The average Bonchev–Trinajstić information content (AvgIpc) is 2.67. The quantitative estimate of drug-likeness (QED) is 0.908. The molecule has 2 nitrogen and oxygen atoms in total. The van der Waals surface area contributed by atoms with Gasteiger partial charge in [-0.2, -0.15) is 0 Å². The van der Waals surface area contributed by atoms with Crippen molar-refractivity contribution < 1.29 is 9.13 Å². The van der Waals surface area contributed by atoms with Crippen LogP contribution in [0.5, 0.6) is 0 Å². The van der Waals surface area contributed by atoms with E-state index < -0.39 is 6.04 Å². The molecule has 2 rings (SSSR count). The normalized spacial score (nSPS) is 27.0. The zero-order valence-corrected chi connectivity index (χ0v) is 10.7. The maximum absolute atomic E-state index is 13.6. The van der Waals surface area contributed by atoms with E-state index in [4.69, 9.17) is 10.5 Å². The van der Waals surface area contributed by atoms with Crippen LogP contribution in [0.2, 0.25) is 0 Å². The average molecular weight is 288 g/mol. The van der Waals surface area contributed by atoms with Crippen molar-refractivity contribution in [2.24, 2.45) is 11.7 Å². The van der Waals surface area contributed by atoms with Gasteiger partial charge in [-0.05, 0) is 30.5 Å². The molecule has 88 valence electrons. The Labute approximate surface area is 103 Å². The minimum atomic E-state index is -0.394. The van der Waals surface area contributed by atoms with Crippen LogP contribution in [0.3, 0.4) is 0 Å². The molecule has 16 heavy (non-hydrogen) atoms. The molecule has 3 unspecified atom stereocenters. The Hall–Kier alpha value is -0.450. The van der Waals surface area contributed by atoms with Crippen LogP contribution < -0.4 is 5.73 Å². The van der Waals surface area contributed by atoms with E-state index in [0.717, 1.165) is 17.5 Å². The fourth-order valence-electron chi connectivity index (χ4n) is 2.12. The van der Waals surface area contributed by atoms with E-state index in [9.17, 15) is 4.39 Å². The van der Waals surface area contributed by atoms with Gasteiger partial charge in [-0.3, -0.25) is 0 Å². The highest BCUT2D eigenvalue weighted by Gasteiger charge is 2.32. The number of rotatable bonds is 2. The van der Waals surface area contributed by atoms with Gasteiger partial charge in [0.25, 0.3) is 0 Å².